The first-order valence-electron chi connectivity index (χ1n) is 6.15. The maximum absolute atomic E-state index is 11.9. The van der Waals surface area contributed by atoms with Crippen LogP contribution in [0.15, 0.2) is 50.4 Å². The maximum atomic E-state index is 11.9. The van der Waals surface area contributed by atoms with Crippen molar-refractivity contribution in [3.63, 3.8) is 0 Å². The molecular weight excluding hydrogens is 312 g/mol. The zero-order valence-electron chi connectivity index (χ0n) is 11.0. The standard InChI is InChI=1S/C13H9ClN4O4/c14-11-8(3-1-5-15-11)16-10(19)7-18-13(20)22-12(17-18)9-4-2-6-21-9/h1-6H,7H2,(H,16,19). The highest BCUT2D eigenvalue weighted by atomic mass is 35.5. The lowest BCUT2D eigenvalue weighted by molar-refractivity contribution is -0.117. The second kappa shape index (κ2) is 5.86. The van der Waals surface area contributed by atoms with Crippen LogP contribution >= 0.6 is 11.6 Å². The molecular formula is C13H9ClN4O4. The van der Waals surface area contributed by atoms with Gasteiger partial charge in [0.2, 0.25) is 5.91 Å². The SMILES string of the molecule is O=C(Cn1nc(-c2ccco2)oc1=O)Nc1cccnc1Cl. The molecule has 22 heavy (non-hydrogen) atoms. The van der Waals surface area contributed by atoms with Crippen molar-refractivity contribution >= 4 is 23.2 Å². The van der Waals surface area contributed by atoms with E-state index in [1.165, 1.54) is 12.5 Å². The van der Waals surface area contributed by atoms with E-state index in [2.05, 4.69) is 15.4 Å². The normalized spacial score (nSPS) is 10.6. The first-order valence-corrected chi connectivity index (χ1v) is 6.53. The van der Waals surface area contributed by atoms with E-state index in [-0.39, 0.29) is 17.6 Å². The van der Waals surface area contributed by atoms with Gasteiger partial charge in [-0.05, 0) is 24.3 Å². The Labute approximate surface area is 128 Å². The summed E-state index contributed by atoms with van der Waals surface area (Å²) >= 11 is 5.83. The molecule has 0 bridgehead atoms. The van der Waals surface area contributed by atoms with E-state index in [1.807, 2.05) is 0 Å². The Bertz CT molecular complexity index is 853. The fourth-order valence-electron chi connectivity index (χ4n) is 1.71. The smallest absolute Gasteiger partial charge is 0.437 e. The van der Waals surface area contributed by atoms with Gasteiger partial charge >= 0.3 is 5.76 Å². The van der Waals surface area contributed by atoms with E-state index in [1.54, 1.807) is 24.3 Å². The predicted octanol–water partition coefficient (Wildman–Crippen LogP) is 1.78. The lowest BCUT2D eigenvalue weighted by Crippen LogP contribution is -2.26. The predicted molar refractivity (Wildman–Crippen MR) is 76.3 cm³/mol. The maximum Gasteiger partial charge on any atom is 0.437 e. The summed E-state index contributed by atoms with van der Waals surface area (Å²) in [6.45, 7) is -0.325. The Hall–Kier alpha value is -2.87. The van der Waals surface area contributed by atoms with E-state index in [9.17, 15) is 9.59 Å². The number of anilines is 1. The summed E-state index contributed by atoms with van der Waals surface area (Å²) in [5.74, 6) is -0.955. The Kier molecular flexibility index (Phi) is 3.75. The van der Waals surface area contributed by atoms with Crippen molar-refractivity contribution in [1.29, 1.82) is 0 Å². The van der Waals surface area contributed by atoms with Gasteiger partial charge in [-0.1, -0.05) is 11.6 Å². The minimum absolute atomic E-state index is 0.00205. The van der Waals surface area contributed by atoms with Gasteiger partial charge < -0.3 is 14.2 Å². The van der Waals surface area contributed by atoms with Gasteiger partial charge in [-0.15, -0.1) is 5.10 Å². The third-order valence-electron chi connectivity index (χ3n) is 2.66. The molecule has 3 heterocycles. The van der Waals surface area contributed by atoms with Gasteiger partial charge in [0.1, 0.15) is 6.54 Å². The largest absolute Gasteiger partial charge is 0.459 e. The summed E-state index contributed by atoms with van der Waals surface area (Å²) in [7, 11) is 0. The average Bonchev–Trinajstić information content (AvgIpc) is 3.12. The van der Waals surface area contributed by atoms with Crippen LogP contribution in [0.1, 0.15) is 0 Å². The van der Waals surface area contributed by atoms with E-state index < -0.39 is 11.7 Å². The highest BCUT2D eigenvalue weighted by Gasteiger charge is 2.15. The zero-order valence-corrected chi connectivity index (χ0v) is 11.8. The molecule has 0 aliphatic heterocycles. The molecule has 3 rings (SSSR count). The van der Waals surface area contributed by atoms with Gasteiger partial charge in [-0.2, -0.15) is 4.68 Å². The molecule has 0 spiro atoms. The number of pyridine rings is 1. The van der Waals surface area contributed by atoms with Gasteiger partial charge in [-0.25, -0.2) is 9.78 Å². The molecule has 1 amide bonds. The van der Waals surface area contributed by atoms with E-state index >= 15 is 0 Å². The van der Waals surface area contributed by atoms with Crippen molar-refractivity contribution in [2.24, 2.45) is 0 Å². The number of carbonyl (C=O) groups excluding carboxylic acids is 1. The molecule has 0 aliphatic carbocycles. The van der Waals surface area contributed by atoms with Crippen LogP contribution in [-0.4, -0.2) is 20.7 Å². The number of rotatable bonds is 4. The summed E-state index contributed by atoms with van der Waals surface area (Å²) in [6, 6.07) is 6.43. The van der Waals surface area contributed by atoms with Gasteiger partial charge in [-0.3, -0.25) is 4.79 Å². The molecule has 0 saturated heterocycles. The first kappa shape index (κ1) is 14.1. The number of carbonyl (C=O) groups is 1. The van der Waals surface area contributed by atoms with Crippen molar-refractivity contribution in [3.8, 4) is 11.7 Å². The number of aromatic nitrogens is 3. The summed E-state index contributed by atoms with van der Waals surface area (Å²) in [5, 5.41) is 6.57. The number of halogens is 1. The zero-order chi connectivity index (χ0) is 15.5. The number of nitrogens with zero attached hydrogens (tertiary/aromatic N) is 3. The van der Waals surface area contributed by atoms with Crippen LogP contribution < -0.4 is 11.1 Å². The van der Waals surface area contributed by atoms with E-state index in [0.717, 1.165) is 4.68 Å². The Morgan fingerprint density at radius 2 is 2.23 bits per heavy atom. The Morgan fingerprint density at radius 1 is 1.36 bits per heavy atom. The fourth-order valence-corrected chi connectivity index (χ4v) is 1.88. The van der Waals surface area contributed by atoms with Crippen LogP contribution in [0.5, 0.6) is 0 Å². The van der Waals surface area contributed by atoms with Gasteiger partial charge in [0, 0.05) is 6.20 Å². The molecule has 112 valence electrons. The third-order valence-corrected chi connectivity index (χ3v) is 2.97. The van der Waals surface area contributed by atoms with Gasteiger partial charge in [0.25, 0.3) is 5.89 Å². The second-order valence-electron chi connectivity index (χ2n) is 4.20. The summed E-state index contributed by atoms with van der Waals surface area (Å²) in [5.41, 5.74) is 0.344. The summed E-state index contributed by atoms with van der Waals surface area (Å²) < 4.78 is 10.9. The number of furan rings is 1. The molecule has 0 atom stereocenters. The van der Waals surface area contributed by atoms with E-state index in [0.29, 0.717) is 11.4 Å². The van der Waals surface area contributed by atoms with Gasteiger partial charge in [0.05, 0.1) is 12.0 Å². The minimum atomic E-state index is -0.765. The quantitative estimate of drug-likeness (QED) is 0.735. The highest BCUT2D eigenvalue weighted by Crippen LogP contribution is 2.17. The molecule has 0 fully saturated rings. The number of nitrogens with one attached hydrogen (secondary N) is 1. The second-order valence-corrected chi connectivity index (χ2v) is 4.56. The molecule has 3 aromatic heterocycles. The third kappa shape index (κ3) is 2.91. The van der Waals surface area contributed by atoms with Gasteiger partial charge in [0.15, 0.2) is 10.9 Å². The van der Waals surface area contributed by atoms with Crippen LogP contribution in [-0.2, 0) is 11.3 Å². The molecule has 1 N–H and O–H groups in total. The average molecular weight is 321 g/mol. The summed E-state index contributed by atoms with van der Waals surface area (Å²) in [4.78, 5) is 27.4. The fraction of sp³-hybridized carbons (Fsp3) is 0.0769. The number of hydrogen-bond acceptors (Lipinski definition) is 6. The van der Waals surface area contributed by atoms with Crippen molar-refractivity contribution in [2.45, 2.75) is 6.54 Å². The molecule has 8 nitrogen and oxygen atoms in total. The molecule has 0 saturated carbocycles. The number of amides is 1. The minimum Gasteiger partial charge on any atom is -0.459 e. The van der Waals surface area contributed by atoms with Crippen LogP contribution in [0.25, 0.3) is 11.7 Å². The molecule has 0 unspecified atom stereocenters. The van der Waals surface area contributed by atoms with Crippen LogP contribution in [0, 0.1) is 0 Å². The molecule has 0 aliphatic rings. The monoisotopic (exact) mass is 320 g/mol. The van der Waals surface area contributed by atoms with Crippen LogP contribution in [0.4, 0.5) is 5.69 Å². The lowest BCUT2D eigenvalue weighted by atomic mass is 10.4. The van der Waals surface area contributed by atoms with Crippen molar-refractivity contribution < 1.29 is 13.6 Å². The van der Waals surface area contributed by atoms with Crippen LogP contribution in [0.2, 0.25) is 5.15 Å². The van der Waals surface area contributed by atoms with E-state index in [4.69, 9.17) is 20.4 Å². The Balaban J connectivity index is 1.75. The molecule has 3 aromatic rings. The van der Waals surface area contributed by atoms with Crippen molar-refractivity contribution in [3.05, 3.63) is 52.4 Å². The first-order chi connectivity index (χ1) is 10.6. The van der Waals surface area contributed by atoms with Crippen LogP contribution in [0.3, 0.4) is 0 Å². The Morgan fingerprint density at radius 3 is 2.95 bits per heavy atom. The summed E-state index contributed by atoms with van der Waals surface area (Å²) in [6.07, 6.45) is 2.92. The highest BCUT2D eigenvalue weighted by molar-refractivity contribution is 6.32. The lowest BCUT2D eigenvalue weighted by Gasteiger charge is -2.05. The van der Waals surface area contributed by atoms with Crippen molar-refractivity contribution in [1.82, 2.24) is 14.8 Å². The molecule has 9 heteroatoms. The van der Waals surface area contributed by atoms with Crippen molar-refractivity contribution in [2.75, 3.05) is 5.32 Å². The molecule has 0 aromatic carbocycles. The topological polar surface area (TPSA) is 103 Å². The number of hydrogen-bond donors (Lipinski definition) is 1. The molecule has 0 radical (unpaired) electrons.